The first-order valence-corrected chi connectivity index (χ1v) is 9.04. The number of ether oxygens (including phenoxy) is 1. The van der Waals surface area contributed by atoms with Gasteiger partial charge in [-0.15, -0.1) is 0 Å². The van der Waals surface area contributed by atoms with E-state index in [0.717, 1.165) is 42.2 Å². The maximum atomic E-state index is 11.7. The summed E-state index contributed by atoms with van der Waals surface area (Å²) in [5.41, 5.74) is 1.20. The molecule has 132 valence electrons. The Morgan fingerprint density at radius 2 is 2.12 bits per heavy atom. The van der Waals surface area contributed by atoms with E-state index >= 15 is 0 Å². The molecule has 6 nitrogen and oxygen atoms in total. The lowest BCUT2D eigenvalue weighted by molar-refractivity contribution is 0.0520. The Bertz CT molecular complexity index is 794. The van der Waals surface area contributed by atoms with Crippen molar-refractivity contribution < 1.29 is 9.53 Å². The molecule has 7 heteroatoms. The number of imidazole rings is 1. The Labute approximate surface area is 151 Å². The summed E-state index contributed by atoms with van der Waals surface area (Å²) in [4.78, 5) is 22.6. The number of piperidine rings is 1. The van der Waals surface area contributed by atoms with Crippen LogP contribution in [0.15, 0.2) is 24.7 Å². The maximum absolute atomic E-state index is 11.7. The van der Waals surface area contributed by atoms with Crippen molar-refractivity contribution in [3.05, 3.63) is 41.1 Å². The first-order chi connectivity index (χ1) is 12.1. The van der Waals surface area contributed by atoms with Crippen LogP contribution in [0.5, 0.6) is 0 Å². The van der Waals surface area contributed by atoms with Gasteiger partial charge in [0.1, 0.15) is 11.0 Å². The number of hydrogen-bond acceptors (Lipinski definition) is 5. The van der Waals surface area contributed by atoms with E-state index in [-0.39, 0.29) is 0 Å². The van der Waals surface area contributed by atoms with Crippen LogP contribution in [0.2, 0.25) is 5.15 Å². The molecule has 2 aromatic heterocycles. The molecular formula is C18H21ClN4O2. The van der Waals surface area contributed by atoms with Gasteiger partial charge in [0, 0.05) is 24.8 Å². The first-order valence-electron chi connectivity index (χ1n) is 8.66. The molecule has 3 atom stereocenters. The smallest absolute Gasteiger partial charge is 0.358 e. The second-order valence-electron chi connectivity index (χ2n) is 6.86. The van der Waals surface area contributed by atoms with E-state index < -0.39 is 5.97 Å². The van der Waals surface area contributed by atoms with Crippen LogP contribution in [0.1, 0.15) is 29.9 Å². The molecule has 1 unspecified atom stereocenters. The molecule has 2 aromatic rings. The number of halogens is 1. The van der Waals surface area contributed by atoms with Crippen molar-refractivity contribution >= 4 is 23.4 Å². The number of hydrogen-bond donors (Lipinski definition) is 0. The Morgan fingerprint density at radius 1 is 1.36 bits per heavy atom. The molecule has 1 aliphatic carbocycles. The van der Waals surface area contributed by atoms with Crippen LogP contribution in [-0.2, 0) is 11.3 Å². The maximum Gasteiger partial charge on any atom is 0.358 e. The number of anilines is 1. The van der Waals surface area contributed by atoms with Crippen LogP contribution in [0.4, 0.5) is 5.82 Å². The Kier molecular flexibility index (Phi) is 4.15. The molecule has 1 aliphatic heterocycles. The van der Waals surface area contributed by atoms with Crippen LogP contribution < -0.4 is 4.90 Å². The lowest BCUT2D eigenvalue weighted by Crippen LogP contribution is -2.24. The highest BCUT2D eigenvalue weighted by Gasteiger charge is 2.52. The minimum Gasteiger partial charge on any atom is -0.461 e. The molecule has 0 bridgehead atoms. The topological polar surface area (TPSA) is 60.2 Å². The van der Waals surface area contributed by atoms with Crippen molar-refractivity contribution in [2.45, 2.75) is 20.4 Å². The van der Waals surface area contributed by atoms with Gasteiger partial charge in [-0.3, -0.25) is 0 Å². The summed E-state index contributed by atoms with van der Waals surface area (Å²) in [7, 11) is 0. The predicted octanol–water partition coefficient (Wildman–Crippen LogP) is 2.86. The number of carbonyl (C=O) groups excluding carboxylic acids is 1. The van der Waals surface area contributed by atoms with E-state index in [1.807, 2.05) is 16.7 Å². The molecule has 2 fully saturated rings. The number of pyridine rings is 1. The second-order valence-corrected chi connectivity index (χ2v) is 7.22. The van der Waals surface area contributed by atoms with Crippen molar-refractivity contribution in [1.29, 1.82) is 0 Å². The van der Waals surface area contributed by atoms with E-state index in [1.165, 1.54) is 0 Å². The Morgan fingerprint density at radius 3 is 2.80 bits per heavy atom. The Hall–Kier alpha value is -2.08. The fourth-order valence-corrected chi connectivity index (χ4v) is 3.92. The van der Waals surface area contributed by atoms with Crippen LogP contribution in [-0.4, -0.2) is 40.2 Å². The highest BCUT2D eigenvalue weighted by Crippen LogP contribution is 2.51. The average molecular weight is 361 g/mol. The monoisotopic (exact) mass is 360 g/mol. The van der Waals surface area contributed by atoms with Gasteiger partial charge >= 0.3 is 5.97 Å². The van der Waals surface area contributed by atoms with Crippen molar-refractivity contribution in [1.82, 2.24) is 14.5 Å². The molecule has 1 saturated carbocycles. The third kappa shape index (κ3) is 3.11. The lowest BCUT2D eigenvalue weighted by Gasteiger charge is -2.20. The second kappa shape index (κ2) is 6.33. The number of carbonyl (C=O) groups is 1. The highest BCUT2D eigenvalue weighted by atomic mass is 35.5. The van der Waals surface area contributed by atoms with Gasteiger partial charge in [-0.2, -0.15) is 0 Å². The molecule has 1 saturated heterocycles. The van der Waals surface area contributed by atoms with Crippen molar-refractivity contribution in [2.24, 2.45) is 17.8 Å². The van der Waals surface area contributed by atoms with Crippen LogP contribution in [0.25, 0.3) is 0 Å². The van der Waals surface area contributed by atoms with E-state index in [4.69, 9.17) is 16.3 Å². The minimum absolute atomic E-state index is 0.299. The summed E-state index contributed by atoms with van der Waals surface area (Å²) < 4.78 is 6.76. The molecule has 3 heterocycles. The van der Waals surface area contributed by atoms with Gasteiger partial charge in [-0.1, -0.05) is 24.6 Å². The van der Waals surface area contributed by atoms with E-state index in [9.17, 15) is 4.79 Å². The fourth-order valence-electron chi connectivity index (χ4n) is 3.71. The number of aromatic nitrogens is 3. The molecule has 0 aromatic carbocycles. The SMILES string of the molecule is CCOC(=O)c1cn(Cc2ccc(N3C[C@@H]4C(C)[C@@H]4C3)nc2Cl)cn1. The summed E-state index contributed by atoms with van der Waals surface area (Å²) >= 11 is 6.39. The first kappa shape index (κ1) is 16.4. The Balaban J connectivity index is 1.44. The van der Waals surface area contributed by atoms with E-state index in [1.54, 1.807) is 19.4 Å². The average Bonchev–Trinajstić information content (AvgIpc) is 3.03. The minimum atomic E-state index is -0.414. The quantitative estimate of drug-likeness (QED) is 0.606. The summed E-state index contributed by atoms with van der Waals surface area (Å²) in [5, 5.41) is 0.498. The van der Waals surface area contributed by atoms with E-state index in [2.05, 4.69) is 21.8 Å². The largest absolute Gasteiger partial charge is 0.461 e. The number of esters is 1. The number of fused-ring (bicyclic) bond motifs is 1. The summed E-state index contributed by atoms with van der Waals surface area (Å²) in [6.45, 7) is 7.11. The van der Waals surface area contributed by atoms with Gasteiger partial charge in [-0.25, -0.2) is 14.8 Å². The number of nitrogens with zero attached hydrogens (tertiary/aromatic N) is 4. The molecular weight excluding hydrogens is 340 g/mol. The molecule has 0 amide bonds. The van der Waals surface area contributed by atoms with Crippen molar-refractivity contribution in [2.75, 3.05) is 24.6 Å². The lowest BCUT2D eigenvalue weighted by atomic mass is 10.2. The van der Waals surface area contributed by atoms with Crippen molar-refractivity contribution in [3.8, 4) is 0 Å². The van der Waals surface area contributed by atoms with Gasteiger partial charge < -0.3 is 14.2 Å². The van der Waals surface area contributed by atoms with Crippen LogP contribution in [0.3, 0.4) is 0 Å². The zero-order valence-corrected chi connectivity index (χ0v) is 15.1. The normalized spacial score (nSPS) is 24.3. The summed E-state index contributed by atoms with van der Waals surface area (Å²) in [5.74, 6) is 3.05. The molecule has 2 aliphatic rings. The zero-order valence-electron chi connectivity index (χ0n) is 14.4. The summed E-state index contributed by atoms with van der Waals surface area (Å²) in [6, 6.07) is 4.03. The third-order valence-electron chi connectivity index (χ3n) is 5.33. The standard InChI is InChI=1S/C18H21ClN4O2/c1-3-25-18(24)15-9-22(10-20-15)6-12-4-5-16(21-17(12)19)23-7-13-11(2)14(13)8-23/h4-5,9-11,13-14H,3,6-8H2,1-2H3/t11?,13-,14+. The van der Waals surface area contributed by atoms with Gasteiger partial charge in [0.15, 0.2) is 5.69 Å². The van der Waals surface area contributed by atoms with Gasteiger partial charge in [0.25, 0.3) is 0 Å². The van der Waals surface area contributed by atoms with Crippen LogP contribution >= 0.6 is 11.6 Å². The molecule has 0 radical (unpaired) electrons. The fraction of sp³-hybridized carbons (Fsp3) is 0.500. The third-order valence-corrected chi connectivity index (χ3v) is 5.66. The van der Waals surface area contributed by atoms with Gasteiger partial charge in [-0.05, 0) is 30.7 Å². The summed E-state index contributed by atoms with van der Waals surface area (Å²) in [6.07, 6.45) is 3.27. The number of rotatable bonds is 5. The molecule has 0 spiro atoms. The molecule has 0 N–H and O–H groups in total. The van der Waals surface area contributed by atoms with Crippen LogP contribution in [0, 0.1) is 17.8 Å². The zero-order chi connectivity index (χ0) is 17.6. The highest BCUT2D eigenvalue weighted by molar-refractivity contribution is 6.30. The van der Waals surface area contributed by atoms with Crippen molar-refractivity contribution in [3.63, 3.8) is 0 Å². The molecule has 4 rings (SSSR count). The van der Waals surface area contributed by atoms with E-state index in [0.29, 0.717) is 24.0 Å². The predicted molar refractivity (Wildman–Crippen MR) is 94.9 cm³/mol. The van der Waals surface area contributed by atoms with Gasteiger partial charge in [0.05, 0.1) is 19.5 Å². The molecule has 25 heavy (non-hydrogen) atoms. The van der Waals surface area contributed by atoms with Gasteiger partial charge in [0.2, 0.25) is 0 Å².